The van der Waals surface area contributed by atoms with E-state index in [9.17, 15) is 13.2 Å². The number of sulfonamides is 1. The lowest BCUT2D eigenvalue weighted by Gasteiger charge is -2.08. The van der Waals surface area contributed by atoms with Gasteiger partial charge in [0.2, 0.25) is 5.91 Å². The van der Waals surface area contributed by atoms with Crippen LogP contribution in [-0.4, -0.2) is 29.1 Å². The monoisotopic (exact) mass is 481 g/mol. The van der Waals surface area contributed by atoms with Gasteiger partial charge in [0, 0.05) is 29.4 Å². The molecule has 0 saturated carbocycles. The van der Waals surface area contributed by atoms with Gasteiger partial charge in [0.05, 0.1) is 16.3 Å². The maximum absolute atomic E-state index is 12.5. The number of hydrogen-bond acceptors (Lipinski definition) is 6. The second-order valence-electron chi connectivity index (χ2n) is 7.41. The van der Waals surface area contributed by atoms with Gasteiger partial charge in [-0.1, -0.05) is 18.2 Å². The fraction of sp³-hybridized carbons (Fsp3) is 0.174. The van der Waals surface area contributed by atoms with Crippen molar-refractivity contribution in [3.05, 3.63) is 83.1 Å². The van der Waals surface area contributed by atoms with E-state index in [1.54, 1.807) is 17.5 Å². The van der Waals surface area contributed by atoms with Gasteiger partial charge in [0.15, 0.2) is 5.13 Å². The van der Waals surface area contributed by atoms with Gasteiger partial charge in [0.25, 0.3) is 10.0 Å². The molecule has 0 saturated heterocycles. The second-order valence-corrected chi connectivity index (χ2v) is 9.99. The van der Waals surface area contributed by atoms with Crippen molar-refractivity contribution < 1.29 is 13.2 Å². The Labute approximate surface area is 196 Å². The minimum Gasteiger partial charge on any atom is -0.326 e. The van der Waals surface area contributed by atoms with E-state index in [-0.39, 0.29) is 17.2 Å². The number of nitrogens with zero attached hydrogens (tertiary/aromatic N) is 3. The molecule has 0 spiro atoms. The highest BCUT2D eigenvalue weighted by molar-refractivity contribution is 7.93. The van der Waals surface area contributed by atoms with Crippen molar-refractivity contribution in [1.82, 2.24) is 14.8 Å². The Hall–Kier alpha value is -3.50. The van der Waals surface area contributed by atoms with Crippen LogP contribution in [0.1, 0.15) is 23.4 Å². The second kappa shape index (κ2) is 9.55. The zero-order chi connectivity index (χ0) is 23.4. The summed E-state index contributed by atoms with van der Waals surface area (Å²) >= 11 is 1.20. The molecule has 2 aromatic carbocycles. The zero-order valence-electron chi connectivity index (χ0n) is 18.1. The number of para-hydroxylation sites is 1. The fourth-order valence-electron chi connectivity index (χ4n) is 3.48. The Balaban J connectivity index is 1.37. The molecule has 1 amide bonds. The van der Waals surface area contributed by atoms with Crippen molar-refractivity contribution in [2.75, 3.05) is 10.0 Å². The largest absolute Gasteiger partial charge is 0.326 e. The normalized spacial score (nSPS) is 11.3. The van der Waals surface area contributed by atoms with E-state index >= 15 is 0 Å². The summed E-state index contributed by atoms with van der Waals surface area (Å²) in [4.78, 5) is 16.5. The van der Waals surface area contributed by atoms with Crippen LogP contribution in [-0.2, 0) is 21.2 Å². The van der Waals surface area contributed by atoms with Crippen LogP contribution >= 0.6 is 11.3 Å². The van der Waals surface area contributed by atoms with Crippen LogP contribution in [0.2, 0.25) is 0 Å². The lowest BCUT2D eigenvalue weighted by atomic mass is 10.1. The van der Waals surface area contributed by atoms with Gasteiger partial charge in [-0.05, 0) is 62.2 Å². The van der Waals surface area contributed by atoms with E-state index < -0.39 is 10.0 Å². The maximum Gasteiger partial charge on any atom is 0.263 e. The molecule has 0 aliphatic carbocycles. The lowest BCUT2D eigenvalue weighted by Crippen LogP contribution is -2.14. The third-order valence-electron chi connectivity index (χ3n) is 5.15. The van der Waals surface area contributed by atoms with E-state index in [1.165, 1.54) is 29.7 Å². The van der Waals surface area contributed by atoms with Crippen molar-refractivity contribution >= 4 is 38.1 Å². The summed E-state index contributed by atoms with van der Waals surface area (Å²) < 4.78 is 29.2. The molecule has 0 atom stereocenters. The molecular weight excluding hydrogens is 458 g/mol. The third kappa shape index (κ3) is 5.29. The average Bonchev–Trinajstić information content (AvgIpc) is 3.40. The van der Waals surface area contributed by atoms with Gasteiger partial charge in [-0.2, -0.15) is 5.10 Å². The smallest absolute Gasteiger partial charge is 0.263 e. The predicted molar refractivity (Wildman–Crippen MR) is 129 cm³/mol. The van der Waals surface area contributed by atoms with Crippen molar-refractivity contribution in [3.8, 4) is 5.69 Å². The zero-order valence-corrected chi connectivity index (χ0v) is 19.8. The number of hydrogen-bond donors (Lipinski definition) is 2. The van der Waals surface area contributed by atoms with Crippen LogP contribution in [0.4, 0.5) is 10.8 Å². The number of carbonyl (C=O) groups is 1. The number of anilines is 2. The molecule has 8 nitrogen and oxygen atoms in total. The number of carbonyl (C=O) groups excluding carboxylic acids is 1. The molecule has 2 heterocycles. The van der Waals surface area contributed by atoms with E-state index in [2.05, 4.69) is 20.1 Å². The van der Waals surface area contributed by atoms with Gasteiger partial charge in [-0.3, -0.25) is 9.52 Å². The van der Waals surface area contributed by atoms with Crippen LogP contribution in [0.3, 0.4) is 0 Å². The first-order valence-electron chi connectivity index (χ1n) is 10.3. The van der Waals surface area contributed by atoms with Gasteiger partial charge in [-0.25, -0.2) is 18.1 Å². The lowest BCUT2D eigenvalue weighted by molar-refractivity contribution is -0.116. The first-order chi connectivity index (χ1) is 15.8. The van der Waals surface area contributed by atoms with Crippen LogP contribution < -0.4 is 10.0 Å². The summed E-state index contributed by atoms with van der Waals surface area (Å²) in [6.45, 7) is 3.94. The Morgan fingerprint density at radius 2 is 1.79 bits per heavy atom. The minimum absolute atomic E-state index is 0.0928. The molecular formula is C23H23N5O3S2. The van der Waals surface area contributed by atoms with Crippen LogP contribution in [0.5, 0.6) is 0 Å². The Morgan fingerprint density at radius 3 is 2.45 bits per heavy atom. The maximum atomic E-state index is 12.5. The number of thiazole rings is 1. The number of nitrogens with one attached hydrogen (secondary N) is 2. The molecule has 0 radical (unpaired) electrons. The van der Waals surface area contributed by atoms with E-state index in [0.29, 0.717) is 17.2 Å². The molecule has 0 unspecified atom stereocenters. The molecule has 0 aliphatic rings. The minimum atomic E-state index is -3.73. The number of aryl methyl sites for hydroxylation is 1. The van der Waals surface area contributed by atoms with Crippen LogP contribution in [0.25, 0.3) is 5.69 Å². The quantitative estimate of drug-likeness (QED) is 0.390. The molecule has 0 bridgehead atoms. The Kier molecular flexibility index (Phi) is 6.57. The number of aromatic nitrogens is 3. The number of amides is 1. The molecule has 2 aromatic heterocycles. The molecule has 33 heavy (non-hydrogen) atoms. The molecule has 0 fully saturated rings. The highest BCUT2D eigenvalue weighted by Gasteiger charge is 2.17. The van der Waals surface area contributed by atoms with Gasteiger partial charge in [-0.15, -0.1) is 11.3 Å². The summed E-state index contributed by atoms with van der Waals surface area (Å²) in [5.74, 6) is -0.155. The van der Waals surface area contributed by atoms with Crippen molar-refractivity contribution in [2.45, 2.75) is 31.6 Å². The summed E-state index contributed by atoms with van der Waals surface area (Å²) in [5, 5.41) is 9.43. The van der Waals surface area contributed by atoms with E-state index in [1.807, 2.05) is 48.9 Å². The summed E-state index contributed by atoms with van der Waals surface area (Å²) in [7, 11) is -3.73. The highest BCUT2D eigenvalue weighted by Crippen LogP contribution is 2.21. The Bertz CT molecular complexity index is 1350. The van der Waals surface area contributed by atoms with Crippen molar-refractivity contribution in [1.29, 1.82) is 0 Å². The number of benzene rings is 2. The molecule has 4 rings (SSSR count). The molecule has 0 aliphatic heterocycles. The fourth-order valence-corrected chi connectivity index (χ4v) is 5.27. The van der Waals surface area contributed by atoms with Gasteiger partial charge in [0.1, 0.15) is 0 Å². The molecule has 2 N–H and O–H groups in total. The third-order valence-corrected chi connectivity index (χ3v) is 7.32. The summed E-state index contributed by atoms with van der Waals surface area (Å²) in [6.07, 6.45) is 2.37. The average molecular weight is 482 g/mol. The first kappa shape index (κ1) is 22.7. The van der Waals surface area contributed by atoms with E-state index in [4.69, 9.17) is 0 Å². The van der Waals surface area contributed by atoms with Gasteiger partial charge >= 0.3 is 0 Å². The molecule has 170 valence electrons. The molecule has 10 heteroatoms. The van der Waals surface area contributed by atoms with Crippen molar-refractivity contribution in [2.24, 2.45) is 0 Å². The van der Waals surface area contributed by atoms with Crippen LogP contribution in [0, 0.1) is 13.8 Å². The highest BCUT2D eigenvalue weighted by atomic mass is 32.2. The molecule has 4 aromatic rings. The summed E-state index contributed by atoms with van der Waals surface area (Å²) in [5.41, 5.74) is 4.46. The van der Waals surface area contributed by atoms with Gasteiger partial charge < -0.3 is 5.32 Å². The standard InChI is InChI=1S/C23H23N5O3S2/c1-16-21(17(2)28(26-16)19-6-4-3-5-7-19)12-13-22(29)25-18-8-10-20(11-9-18)33(30,31)27-23-24-14-15-32-23/h3-11,14-15H,12-13H2,1-2H3,(H,24,27)(H,25,29). The predicted octanol–water partition coefficient (Wildman–Crippen LogP) is 4.32. The first-order valence-corrected chi connectivity index (χ1v) is 12.6. The van der Waals surface area contributed by atoms with E-state index in [0.717, 1.165) is 22.6 Å². The topological polar surface area (TPSA) is 106 Å². The number of rotatable bonds is 8. The SMILES string of the molecule is Cc1nn(-c2ccccc2)c(C)c1CCC(=O)Nc1ccc(S(=O)(=O)Nc2nccs2)cc1. The van der Waals surface area contributed by atoms with Crippen molar-refractivity contribution in [3.63, 3.8) is 0 Å². The van der Waals surface area contributed by atoms with Crippen LogP contribution in [0.15, 0.2) is 71.1 Å². The summed E-state index contributed by atoms with van der Waals surface area (Å²) in [6, 6.07) is 15.9. The Morgan fingerprint density at radius 1 is 1.06 bits per heavy atom.